The van der Waals surface area contributed by atoms with Crippen LogP contribution in [0, 0.1) is 0 Å². The molecule has 0 amide bonds. The molecule has 3 aliphatic rings. The van der Waals surface area contributed by atoms with Gasteiger partial charge < -0.3 is 26.8 Å². The Kier molecular flexibility index (Phi) is 7.22. The molecular formula is C23H30ClN7O2. The number of allylic oxidation sites excluding steroid dienone is 2. The second-order valence-corrected chi connectivity index (χ2v) is 8.77. The predicted octanol–water partition coefficient (Wildman–Crippen LogP) is 1.20. The van der Waals surface area contributed by atoms with E-state index in [9.17, 15) is 4.79 Å². The number of carboxylic acid groups (broad SMARTS) is 1. The third-order valence-electron chi connectivity index (χ3n) is 6.02. The Bertz CT molecular complexity index is 991. The van der Waals surface area contributed by atoms with Gasteiger partial charge in [0.15, 0.2) is 12.2 Å². The second-order valence-electron chi connectivity index (χ2n) is 8.34. The zero-order valence-electron chi connectivity index (χ0n) is 18.4. The SMILES string of the molecule is NC(N)=NC1NC(c2ccc(N3CCN(CCCC(=O)O)CC3)cc2)=C2C=C(Cl)C=CC2N1. The maximum absolute atomic E-state index is 10.7. The van der Waals surface area contributed by atoms with Crippen molar-refractivity contribution < 1.29 is 9.90 Å². The molecule has 0 spiro atoms. The fourth-order valence-corrected chi connectivity index (χ4v) is 4.56. The average molecular weight is 472 g/mol. The van der Waals surface area contributed by atoms with Crippen LogP contribution in [0.4, 0.5) is 5.69 Å². The molecule has 1 aliphatic carbocycles. The average Bonchev–Trinajstić information content (AvgIpc) is 2.79. The molecule has 4 rings (SSSR count). The lowest BCUT2D eigenvalue weighted by Gasteiger charge is -2.36. The Hall–Kier alpha value is -3.01. The van der Waals surface area contributed by atoms with Crippen molar-refractivity contribution in [1.29, 1.82) is 0 Å². The minimum atomic E-state index is -0.731. The highest BCUT2D eigenvalue weighted by atomic mass is 35.5. The molecular weight excluding hydrogens is 442 g/mol. The predicted molar refractivity (Wildman–Crippen MR) is 132 cm³/mol. The van der Waals surface area contributed by atoms with Gasteiger partial charge in [0.1, 0.15) is 0 Å². The first-order valence-corrected chi connectivity index (χ1v) is 11.5. The number of aliphatic imine (C=N–C) groups is 1. The van der Waals surface area contributed by atoms with Gasteiger partial charge in [-0.15, -0.1) is 0 Å². The van der Waals surface area contributed by atoms with E-state index in [2.05, 4.69) is 49.7 Å². The maximum atomic E-state index is 10.7. The molecule has 1 aromatic carbocycles. The summed E-state index contributed by atoms with van der Waals surface area (Å²) in [7, 11) is 0. The van der Waals surface area contributed by atoms with Crippen molar-refractivity contribution >= 4 is 34.9 Å². The van der Waals surface area contributed by atoms with Crippen molar-refractivity contribution in [2.75, 3.05) is 37.6 Å². The highest BCUT2D eigenvalue weighted by molar-refractivity contribution is 6.31. The van der Waals surface area contributed by atoms with Gasteiger partial charge in [0.2, 0.25) is 0 Å². The molecule has 0 radical (unpaired) electrons. The van der Waals surface area contributed by atoms with Gasteiger partial charge in [0.05, 0.1) is 6.04 Å². The first-order valence-electron chi connectivity index (χ1n) is 11.1. The van der Waals surface area contributed by atoms with Crippen molar-refractivity contribution in [3.63, 3.8) is 0 Å². The Morgan fingerprint density at radius 2 is 1.91 bits per heavy atom. The molecule has 2 atom stereocenters. The molecule has 0 aromatic heterocycles. The molecule has 33 heavy (non-hydrogen) atoms. The Balaban J connectivity index is 1.45. The van der Waals surface area contributed by atoms with Crippen molar-refractivity contribution in [3.05, 3.63) is 58.7 Å². The third kappa shape index (κ3) is 5.87. The molecule has 1 aromatic rings. The Morgan fingerprint density at radius 3 is 2.58 bits per heavy atom. The van der Waals surface area contributed by atoms with E-state index in [1.54, 1.807) is 0 Å². The number of fused-ring (bicyclic) bond motifs is 1. The summed E-state index contributed by atoms with van der Waals surface area (Å²) in [4.78, 5) is 19.6. The lowest BCUT2D eigenvalue weighted by molar-refractivity contribution is -0.137. The molecule has 7 N–H and O–H groups in total. The molecule has 2 heterocycles. The molecule has 176 valence electrons. The Labute approximate surface area is 198 Å². The number of rotatable bonds is 7. The van der Waals surface area contributed by atoms with Crippen LogP contribution in [0.5, 0.6) is 0 Å². The summed E-state index contributed by atoms with van der Waals surface area (Å²) in [6.07, 6.45) is 6.29. The number of nitrogens with zero attached hydrogens (tertiary/aromatic N) is 3. The number of hydrogen-bond donors (Lipinski definition) is 5. The number of guanidine groups is 1. The lowest BCUT2D eigenvalue weighted by atomic mass is 9.94. The van der Waals surface area contributed by atoms with E-state index in [1.165, 1.54) is 0 Å². The van der Waals surface area contributed by atoms with Gasteiger partial charge in [-0.3, -0.25) is 15.0 Å². The maximum Gasteiger partial charge on any atom is 0.303 e. The second kappa shape index (κ2) is 10.3. The molecule has 9 nitrogen and oxygen atoms in total. The van der Waals surface area contributed by atoms with Gasteiger partial charge in [0, 0.05) is 49.0 Å². The van der Waals surface area contributed by atoms with Gasteiger partial charge in [0.25, 0.3) is 0 Å². The van der Waals surface area contributed by atoms with E-state index in [1.807, 2.05) is 18.2 Å². The molecule has 2 unspecified atom stereocenters. The van der Waals surface area contributed by atoms with E-state index >= 15 is 0 Å². The quantitative estimate of drug-likeness (QED) is 0.296. The zero-order chi connectivity index (χ0) is 23.4. The summed E-state index contributed by atoms with van der Waals surface area (Å²) < 4.78 is 0. The summed E-state index contributed by atoms with van der Waals surface area (Å²) in [6.45, 7) is 4.53. The number of anilines is 1. The highest BCUT2D eigenvalue weighted by Gasteiger charge is 2.28. The topological polar surface area (TPSA) is 132 Å². The van der Waals surface area contributed by atoms with E-state index in [4.69, 9.17) is 28.2 Å². The van der Waals surface area contributed by atoms with Crippen molar-refractivity contribution in [3.8, 4) is 0 Å². The number of aliphatic carboxylic acids is 1. The van der Waals surface area contributed by atoms with Crippen LogP contribution in [0.3, 0.4) is 0 Å². The number of nitrogens with one attached hydrogen (secondary N) is 2. The number of hydrogen-bond acceptors (Lipinski definition) is 6. The summed E-state index contributed by atoms with van der Waals surface area (Å²) in [5.74, 6) is -0.723. The normalized spacial score (nSPS) is 22.9. The van der Waals surface area contributed by atoms with Crippen molar-refractivity contribution in [1.82, 2.24) is 15.5 Å². The third-order valence-corrected chi connectivity index (χ3v) is 6.26. The van der Waals surface area contributed by atoms with E-state index in [0.29, 0.717) is 11.5 Å². The molecule has 1 fully saturated rings. The highest BCUT2D eigenvalue weighted by Crippen LogP contribution is 2.30. The first-order chi connectivity index (χ1) is 15.9. The summed E-state index contributed by atoms with van der Waals surface area (Å²) in [6, 6.07) is 8.39. The van der Waals surface area contributed by atoms with Crippen molar-refractivity contribution in [2.24, 2.45) is 16.5 Å². The largest absolute Gasteiger partial charge is 0.481 e. The first kappa shape index (κ1) is 23.2. The summed E-state index contributed by atoms with van der Waals surface area (Å²) >= 11 is 6.27. The van der Waals surface area contributed by atoms with Gasteiger partial charge in [-0.25, -0.2) is 4.99 Å². The zero-order valence-corrected chi connectivity index (χ0v) is 19.1. The number of carbonyl (C=O) groups is 1. The Morgan fingerprint density at radius 1 is 1.18 bits per heavy atom. The number of piperazine rings is 1. The fourth-order valence-electron chi connectivity index (χ4n) is 4.37. The van der Waals surface area contributed by atoms with Gasteiger partial charge in [-0.2, -0.15) is 0 Å². The molecule has 2 aliphatic heterocycles. The van der Waals surface area contributed by atoms with Crippen molar-refractivity contribution in [2.45, 2.75) is 25.2 Å². The van der Waals surface area contributed by atoms with E-state index < -0.39 is 12.3 Å². The number of benzene rings is 1. The number of nitrogens with two attached hydrogens (primary N) is 2. The van der Waals surface area contributed by atoms with Gasteiger partial charge in [-0.1, -0.05) is 29.8 Å². The minimum absolute atomic E-state index is 0.00798. The molecule has 1 saturated heterocycles. The lowest BCUT2D eigenvalue weighted by Crippen LogP contribution is -2.52. The number of halogens is 1. The van der Waals surface area contributed by atoms with Crippen LogP contribution in [-0.2, 0) is 4.79 Å². The van der Waals surface area contributed by atoms with E-state index in [-0.39, 0.29) is 18.4 Å². The van der Waals surface area contributed by atoms with Crippen LogP contribution in [0.2, 0.25) is 0 Å². The summed E-state index contributed by atoms with van der Waals surface area (Å²) in [5.41, 5.74) is 15.4. The number of carboxylic acids is 1. The monoisotopic (exact) mass is 471 g/mol. The van der Waals surface area contributed by atoms with Crippen LogP contribution in [0.25, 0.3) is 5.70 Å². The summed E-state index contributed by atoms with van der Waals surface area (Å²) in [5, 5.41) is 16.2. The fraction of sp³-hybridized carbons (Fsp3) is 0.391. The molecule has 0 bridgehead atoms. The standard InChI is InChI=1S/C23H30ClN7O2/c24-16-5-8-19-18(14-16)21(28-23(27-19)29-22(25)26)15-3-6-17(7-4-15)31-12-10-30(11-13-31)9-1-2-20(32)33/h3-8,14,19,23,27-28H,1-2,9-13H2,(H,32,33)(H4,25,26,29). The minimum Gasteiger partial charge on any atom is -0.481 e. The van der Waals surface area contributed by atoms with Crippen LogP contribution in [0.15, 0.2) is 58.1 Å². The van der Waals surface area contributed by atoms with E-state index in [0.717, 1.165) is 55.2 Å². The van der Waals surface area contributed by atoms with Crippen LogP contribution in [-0.4, -0.2) is 67.0 Å². The van der Waals surface area contributed by atoms with Crippen LogP contribution >= 0.6 is 11.6 Å². The van der Waals surface area contributed by atoms with Crippen LogP contribution in [0.1, 0.15) is 18.4 Å². The molecule has 0 saturated carbocycles. The molecule has 10 heteroatoms. The smallest absolute Gasteiger partial charge is 0.303 e. The van der Waals surface area contributed by atoms with Crippen LogP contribution < -0.4 is 27.0 Å². The van der Waals surface area contributed by atoms with Gasteiger partial charge in [-0.05, 0) is 48.4 Å². The van der Waals surface area contributed by atoms with Gasteiger partial charge >= 0.3 is 5.97 Å².